The van der Waals surface area contributed by atoms with E-state index in [1.165, 1.54) is 15.4 Å². The highest BCUT2D eigenvalue weighted by molar-refractivity contribution is 7.89. The second kappa shape index (κ2) is 6.07. The first-order valence-electron chi connectivity index (χ1n) is 6.49. The molecule has 1 unspecified atom stereocenters. The van der Waals surface area contributed by atoms with Crippen molar-refractivity contribution in [1.82, 2.24) is 14.3 Å². The minimum Gasteiger partial charge on any atom is -0.332 e. The first kappa shape index (κ1) is 15.2. The van der Waals surface area contributed by atoms with Crippen molar-refractivity contribution in [2.45, 2.75) is 37.8 Å². The lowest BCUT2D eigenvalue weighted by atomic mass is 10.2. The molecule has 20 heavy (non-hydrogen) atoms. The molecule has 0 amide bonds. The normalized spacial score (nSPS) is 13.8. The number of sulfonamides is 1. The summed E-state index contributed by atoms with van der Waals surface area (Å²) in [5.41, 5.74) is 0. The first-order chi connectivity index (χ1) is 9.45. The fraction of sp³-hybridized carbons (Fsp3) is 0.462. The van der Waals surface area contributed by atoms with E-state index in [2.05, 4.69) is 9.97 Å². The van der Waals surface area contributed by atoms with Gasteiger partial charge in [0.2, 0.25) is 0 Å². The number of thiophene rings is 1. The standard InChI is InChI=1S/C13H19N3O2S2/c1-4-12-14-9-13(15-12)20(17,18)16(3)10(2)8-11-6-5-7-19-11/h5-7,9-10H,4,8H2,1-3H3,(H,14,15). The van der Waals surface area contributed by atoms with Crippen LogP contribution in [0, 0.1) is 0 Å². The van der Waals surface area contributed by atoms with Crippen LogP contribution in [-0.4, -0.2) is 35.8 Å². The molecule has 2 rings (SSSR count). The van der Waals surface area contributed by atoms with Crippen LogP contribution in [0.3, 0.4) is 0 Å². The molecule has 0 bridgehead atoms. The maximum absolute atomic E-state index is 12.5. The van der Waals surface area contributed by atoms with Crippen molar-refractivity contribution in [2.75, 3.05) is 7.05 Å². The fourth-order valence-corrected chi connectivity index (χ4v) is 4.01. The molecular formula is C13H19N3O2S2. The van der Waals surface area contributed by atoms with Crippen molar-refractivity contribution in [1.29, 1.82) is 0 Å². The molecule has 2 aromatic heterocycles. The number of aromatic amines is 1. The van der Waals surface area contributed by atoms with Gasteiger partial charge in [-0.15, -0.1) is 11.3 Å². The Bertz CT molecular complexity index is 647. The third-order valence-electron chi connectivity index (χ3n) is 3.29. The number of nitrogens with zero attached hydrogens (tertiary/aromatic N) is 2. The minimum absolute atomic E-state index is 0.105. The van der Waals surface area contributed by atoms with Crippen molar-refractivity contribution in [3.63, 3.8) is 0 Å². The molecule has 0 radical (unpaired) electrons. The molecule has 0 aliphatic rings. The van der Waals surface area contributed by atoms with Gasteiger partial charge >= 0.3 is 0 Å². The highest BCUT2D eigenvalue weighted by Gasteiger charge is 2.27. The zero-order valence-corrected chi connectivity index (χ0v) is 13.5. The van der Waals surface area contributed by atoms with Gasteiger partial charge in [-0.1, -0.05) is 13.0 Å². The smallest absolute Gasteiger partial charge is 0.260 e. The molecule has 0 aliphatic heterocycles. The van der Waals surface area contributed by atoms with Crippen molar-refractivity contribution in [3.8, 4) is 0 Å². The molecule has 0 saturated carbocycles. The highest BCUT2D eigenvalue weighted by atomic mass is 32.2. The maximum atomic E-state index is 12.5. The summed E-state index contributed by atoms with van der Waals surface area (Å²) in [4.78, 5) is 8.10. The largest absolute Gasteiger partial charge is 0.332 e. The molecule has 1 N–H and O–H groups in total. The quantitative estimate of drug-likeness (QED) is 0.890. The molecule has 5 nitrogen and oxygen atoms in total. The monoisotopic (exact) mass is 313 g/mol. The summed E-state index contributed by atoms with van der Waals surface area (Å²) in [5, 5.41) is 2.16. The Morgan fingerprint density at radius 1 is 1.50 bits per heavy atom. The Balaban J connectivity index is 2.15. The van der Waals surface area contributed by atoms with Gasteiger partial charge < -0.3 is 4.98 Å². The third kappa shape index (κ3) is 3.11. The predicted octanol–water partition coefficient (Wildman–Crippen LogP) is 2.29. The molecule has 0 aromatic carbocycles. The van der Waals surface area contributed by atoms with Gasteiger partial charge in [-0.3, -0.25) is 0 Å². The minimum atomic E-state index is -3.51. The summed E-state index contributed by atoms with van der Waals surface area (Å²) in [6.45, 7) is 3.84. The van der Waals surface area contributed by atoms with Crippen molar-refractivity contribution in [3.05, 3.63) is 34.4 Å². The number of aryl methyl sites for hydroxylation is 1. The Morgan fingerprint density at radius 3 is 2.80 bits per heavy atom. The fourth-order valence-electron chi connectivity index (χ4n) is 1.89. The number of imidazole rings is 1. The van der Waals surface area contributed by atoms with Gasteiger partial charge in [0, 0.05) is 24.4 Å². The van der Waals surface area contributed by atoms with Gasteiger partial charge in [-0.25, -0.2) is 13.4 Å². The van der Waals surface area contributed by atoms with Crippen LogP contribution in [0.1, 0.15) is 24.5 Å². The third-order valence-corrected chi connectivity index (χ3v) is 6.07. The van der Waals surface area contributed by atoms with Gasteiger partial charge in [0.1, 0.15) is 5.82 Å². The van der Waals surface area contributed by atoms with Gasteiger partial charge in [0.05, 0.1) is 6.20 Å². The van der Waals surface area contributed by atoms with Crippen LogP contribution in [-0.2, 0) is 22.9 Å². The van der Waals surface area contributed by atoms with E-state index in [-0.39, 0.29) is 11.1 Å². The van der Waals surface area contributed by atoms with Crippen LogP contribution in [0.2, 0.25) is 0 Å². The average molecular weight is 313 g/mol. The van der Waals surface area contributed by atoms with Crippen molar-refractivity contribution in [2.24, 2.45) is 0 Å². The van der Waals surface area contributed by atoms with Crippen molar-refractivity contribution >= 4 is 21.4 Å². The molecule has 1 atom stereocenters. The van der Waals surface area contributed by atoms with Crippen LogP contribution in [0.5, 0.6) is 0 Å². The van der Waals surface area contributed by atoms with Gasteiger partial charge in [-0.05, 0) is 24.8 Å². The molecule has 0 spiro atoms. The highest BCUT2D eigenvalue weighted by Crippen LogP contribution is 2.19. The summed E-state index contributed by atoms with van der Waals surface area (Å²) in [6.07, 6.45) is 2.79. The van der Waals surface area contributed by atoms with Gasteiger partial charge in [0.15, 0.2) is 5.03 Å². The van der Waals surface area contributed by atoms with Crippen LogP contribution in [0.4, 0.5) is 0 Å². The summed E-state index contributed by atoms with van der Waals surface area (Å²) in [6, 6.07) is 3.89. The number of rotatable bonds is 6. The van der Waals surface area contributed by atoms with E-state index in [9.17, 15) is 8.42 Å². The zero-order chi connectivity index (χ0) is 14.8. The van der Waals surface area contributed by atoms with E-state index in [0.717, 1.165) is 0 Å². The van der Waals surface area contributed by atoms with Gasteiger partial charge in [-0.2, -0.15) is 4.31 Å². The molecule has 0 fully saturated rings. The molecule has 110 valence electrons. The lowest BCUT2D eigenvalue weighted by Gasteiger charge is -2.23. The lowest BCUT2D eigenvalue weighted by molar-refractivity contribution is 0.387. The molecule has 0 saturated heterocycles. The number of hydrogen-bond acceptors (Lipinski definition) is 4. The SMILES string of the molecule is CCc1ncc(S(=O)(=O)N(C)C(C)Cc2cccs2)[nH]1. The van der Waals surface area contributed by atoms with E-state index < -0.39 is 10.0 Å². The predicted molar refractivity (Wildman–Crippen MR) is 80.4 cm³/mol. The van der Waals surface area contributed by atoms with Crippen LogP contribution >= 0.6 is 11.3 Å². The van der Waals surface area contributed by atoms with E-state index in [0.29, 0.717) is 18.7 Å². The summed E-state index contributed by atoms with van der Waals surface area (Å²) in [5.74, 6) is 0.683. The number of nitrogens with one attached hydrogen (secondary N) is 1. The molecular weight excluding hydrogens is 294 g/mol. The Labute approximate surface area is 123 Å². The number of likely N-dealkylation sites (N-methyl/N-ethyl adjacent to an activating group) is 1. The lowest BCUT2D eigenvalue weighted by Crippen LogP contribution is -2.36. The Hall–Kier alpha value is -1.18. The van der Waals surface area contributed by atoms with Crippen molar-refractivity contribution < 1.29 is 8.42 Å². The summed E-state index contributed by atoms with van der Waals surface area (Å²) in [7, 11) is -1.90. The number of aromatic nitrogens is 2. The van der Waals surface area contributed by atoms with E-state index in [4.69, 9.17) is 0 Å². The number of H-pyrrole nitrogens is 1. The second-order valence-corrected chi connectivity index (χ2v) is 7.70. The van der Waals surface area contributed by atoms with E-state index in [1.807, 2.05) is 31.4 Å². The summed E-state index contributed by atoms with van der Waals surface area (Å²) < 4.78 is 26.4. The molecule has 0 aliphatic carbocycles. The van der Waals surface area contributed by atoms with Gasteiger partial charge in [0.25, 0.3) is 10.0 Å². The topological polar surface area (TPSA) is 66.1 Å². The molecule has 2 aromatic rings. The summed E-state index contributed by atoms with van der Waals surface area (Å²) >= 11 is 1.64. The van der Waals surface area contributed by atoms with E-state index in [1.54, 1.807) is 18.4 Å². The Morgan fingerprint density at radius 2 is 2.25 bits per heavy atom. The van der Waals surface area contributed by atoms with Crippen LogP contribution in [0.15, 0.2) is 28.7 Å². The number of hydrogen-bond donors (Lipinski definition) is 1. The first-order valence-corrected chi connectivity index (χ1v) is 8.81. The zero-order valence-electron chi connectivity index (χ0n) is 11.8. The average Bonchev–Trinajstić information content (AvgIpc) is 3.08. The van der Waals surface area contributed by atoms with Crippen LogP contribution < -0.4 is 0 Å². The second-order valence-electron chi connectivity index (χ2n) is 4.70. The Kier molecular flexibility index (Phi) is 4.62. The molecule has 2 heterocycles. The molecule has 7 heteroatoms. The van der Waals surface area contributed by atoms with E-state index >= 15 is 0 Å². The van der Waals surface area contributed by atoms with Crippen LogP contribution in [0.25, 0.3) is 0 Å². The maximum Gasteiger partial charge on any atom is 0.260 e.